The van der Waals surface area contributed by atoms with Crippen LogP contribution in [0.15, 0.2) is 33.9 Å². The molecule has 3 N–H and O–H groups in total. The summed E-state index contributed by atoms with van der Waals surface area (Å²) in [5, 5.41) is 3.33. The van der Waals surface area contributed by atoms with E-state index in [2.05, 4.69) is 5.10 Å². The van der Waals surface area contributed by atoms with Gasteiger partial charge >= 0.3 is 0 Å². The van der Waals surface area contributed by atoms with E-state index in [1.54, 1.807) is 24.3 Å². The van der Waals surface area contributed by atoms with E-state index < -0.39 is 0 Å². The number of fused-ring (bicyclic) bond motifs is 1. The van der Waals surface area contributed by atoms with Crippen LogP contribution in [0.25, 0.3) is 10.8 Å². The molecule has 0 saturated heterocycles. The summed E-state index contributed by atoms with van der Waals surface area (Å²) in [5.41, 5.74) is 4.86. The molecule has 0 unspecified atom stereocenters. The number of aromatic nitrogens is 2. The largest absolute Gasteiger partial charge is 0.329 e. The first-order valence-electron chi connectivity index (χ1n) is 4.66. The molecule has 0 radical (unpaired) electrons. The first-order chi connectivity index (χ1) is 7.24. The summed E-state index contributed by atoms with van der Waals surface area (Å²) in [6.45, 7) is 0.632. The van der Waals surface area contributed by atoms with Crippen molar-refractivity contribution in [2.24, 2.45) is 5.73 Å². The smallest absolute Gasteiger partial charge is 0.273 e. The highest BCUT2D eigenvalue weighted by molar-refractivity contribution is 5.80. The number of rotatable bonds is 2. The fraction of sp³-hybridized carbons (Fsp3) is 0.200. The maximum absolute atomic E-state index is 11.8. The van der Waals surface area contributed by atoms with Crippen LogP contribution in [-0.2, 0) is 6.54 Å². The Kier molecular flexibility index (Phi) is 2.39. The van der Waals surface area contributed by atoms with Gasteiger partial charge in [-0.2, -0.15) is 0 Å². The molecule has 1 aromatic heterocycles. The first kappa shape index (κ1) is 9.67. The molecule has 5 heteroatoms. The third-order valence-electron chi connectivity index (χ3n) is 2.24. The molecule has 0 aliphatic rings. The summed E-state index contributed by atoms with van der Waals surface area (Å²) in [7, 11) is 0. The monoisotopic (exact) mass is 205 g/mol. The van der Waals surface area contributed by atoms with Crippen molar-refractivity contribution in [1.82, 2.24) is 9.78 Å². The molecule has 0 saturated carbocycles. The average Bonchev–Trinajstić information content (AvgIpc) is 2.26. The molecule has 0 aliphatic carbocycles. The van der Waals surface area contributed by atoms with Gasteiger partial charge in [0.05, 0.1) is 17.3 Å². The topological polar surface area (TPSA) is 80.9 Å². The molecular weight excluding hydrogens is 194 g/mol. The molecule has 0 amide bonds. The number of aromatic amines is 1. The summed E-state index contributed by atoms with van der Waals surface area (Å²) >= 11 is 0. The lowest BCUT2D eigenvalue weighted by Gasteiger charge is -2.04. The van der Waals surface area contributed by atoms with Gasteiger partial charge < -0.3 is 5.73 Å². The predicted molar refractivity (Wildman–Crippen MR) is 57.9 cm³/mol. The highest BCUT2D eigenvalue weighted by Gasteiger charge is 2.04. The van der Waals surface area contributed by atoms with Gasteiger partial charge in [0, 0.05) is 6.54 Å². The standard InChI is InChI=1S/C10H11N3O2/c11-5-6-13-10(15)8-4-2-1-3-7(8)9(14)12-13/h1-4H,5-6,11H2,(H,12,14). The van der Waals surface area contributed by atoms with Gasteiger partial charge in [-0.15, -0.1) is 0 Å². The summed E-state index contributed by atoms with van der Waals surface area (Å²) in [6, 6.07) is 6.72. The molecule has 1 aromatic carbocycles. The molecule has 2 aromatic rings. The predicted octanol–water partition coefficient (Wildman–Crippen LogP) is -0.352. The van der Waals surface area contributed by atoms with E-state index in [-0.39, 0.29) is 11.1 Å². The van der Waals surface area contributed by atoms with Crippen LogP contribution in [0.4, 0.5) is 0 Å². The molecule has 15 heavy (non-hydrogen) atoms. The third-order valence-corrected chi connectivity index (χ3v) is 2.24. The van der Waals surface area contributed by atoms with E-state index in [0.29, 0.717) is 23.9 Å². The zero-order valence-corrected chi connectivity index (χ0v) is 8.06. The number of benzene rings is 1. The van der Waals surface area contributed by atoms with Crippen molar-refractivity contribution in [3.05, 3.63) is 45.0 Å². The van der Waals surface area contributed by atoms with Gasteiger partial charge in [-0.25, -0.2) is 4.68 Å². The average molecular weight is 205 g/mol. The van der Waals surface area contributed by atoms with E-state index in [4.69, 9.17) is 5.73 Å². The number of nitrogens with zero attached hydrogens (tertiary/aromatic N) is 1. The summed E-state index contributed by atoms with van der Waals surface area (Å²) in [6.07, 6.45) is 0. The minimum atomic E-state index is -0.265. The van der Waals surface area contributed by atoms with Gasteiger partial charge in [0.25, 0.3) is 11.1 Å². The minimum absolute atomic E-state index is 0.212. The van der Waals surface area contributed by atoms with Gasteiger partial charge in [-0.1, -0.05) is 12.1 Å². The van der Waals surface area contributed by atoms with Crippen molar-refractivity contribution in [3.63, 3.8) is 0 Å². The number of nitrogens with two attached hydrogens (primary N) is 1. The SMILES string of the molecule is NCCn1[nH]c(=O)c2ccccc2c1=O. The van der Waals surface area contributed by atoms with Crippen molar-refractivity contribution in [3.8, 4) is 0 Å². The number of hydrogen-bond acceptors (Lipinski definition) is 3. The first-order valence-corrected chi connectivity index (χ1v) is 4.66. The van der Waals surface area contributed by atoms with E-state index in [1.807, 2.05) is 0 Å². The van der Waals surface area contributed by atoms with E-state index in [0.717, 1.165) is 0 Å². The minimum Gasteiger partial charge on any atom is -0.329 e. The Bertz CT molecular complexity index is 597. The number of hydrogen-bond donors (Lipinski definition) is 2. The Hall–Kier alpha value is -1.88. The molecule has 1 heterocycles. The third kappa shape index (κ3) is 1.57. The fourth-order valence-corrected chi connectivity index (χ4v) is 1.53. The van der Waals surface area contributed by atoms with Crippen molar-refractivity contribution in [2.45, 2.75) is 6.54 Å². The molecule has 0 spiro atoms. The molecule has 0 fully saturated rings. The van der Waals surface area contributed by atoms with Crippen molar-refractivity contribution in [1.29, 1.82) is 0 Å². The highest BCUT2D eigenvalue weighted by Crippen LogP contribution is 2.01. The van der Waals surface area contributed by atoms with Crippen LogP contribution in [0.2, 0.25) is 0 Å². The van der Waals surface area contributed by atoms with Crippen LogP contribution in [0, 0.1) is 0 Å². The number of nitrogens with one attached hydrogen (secondary N) is 1. The highest BCUT2D eigenvalue weighted by atomic mass is 16.2. The zero-order valence-electron chi connectivity index (χ0n) is 8.06. The Labute approximate surface area is 85.1 Å². The lowest BCUT2D eigenvalue weighted by atomic mass is 10.2. The van der Waals surface area contributed by atoms with E-state index in [9.17, 15) is 9.59 Å². The van der Waals surface area contributed by atoms with Crippen molar-refractivity contribution in [2.75, 3.05) is 6.54 Å². The normalized spacial score (nSPS) is 10.7. The summed E-state index contributed by atoms with van der Waals surface area (Å²) in [5.74, 6) is 0. The van der Waals surface area contributed by atoms with Gasteiger partial charge in [0.15, 0.2) is 0 Å². The lowest BCUT2D eigenvalue weighted by Crippen LogP contribution is -2.32. The summed E-state index contributed by atoms with van der Waals surface area (Å²) in [4.78, 5) is 23.4. The van der Waals surface area contributed by atoms with E-state index in [1.165, 1.54) is 4.68 Å². The van der Waals surface area contributed by atoms with Crippen LogP contribution < -0.4 is 16.9 Å². The Balaban J connectivity index is 2.85. The zero-order chi connectivity index (χ0) is 10.8. The van der Waals surface area contributed by atoms with Gasteiger partial charge in [0.2, 0.25) is 0 Å². The quantitative estimate of drug-likeness (QED) is 0.703. The molecule has 2 rings (SSSR count). The molecular formula is C10H11N3O2. The molecule has 0 aliphatic heterocycles. The van der Waals surface area contributed by atoms with Crippen LogP contribution in [0.3, 0.4) is 0 Å². The second-order valence-electron chi connectivity index (χ2n) is 3.23. The molecule has 0 atom stereocenters. The Morgan fingerprint density at radius 1 is 1.20 bits per heavy atom. The second kappa shape index (κ2) is 3.70. The van der Waals surface area contributed by atoms with Crippen LogP contribution in [0.5, 0.6) is 0 Å². The second-order valence-corrected chi connectivity index (χ2v) is 3.23. The number of H-pyrrole nitrogens is 1. The van der Waals surface area contributed by atoms with Gasteiger partial charge in [0.1, 0.15) is 0 Å². The lowest BCUT2D eigenvalue weighted by molar-refractivity contribution is 0.586. The van der Waals surface area contributed by atoms with Crippen LogP contribution in [-0.4, -0.2) is 16.3 Å². The molecule has 0 bridgehead atoms. The summed E-state index contributed by atoms with van der Waals surface area (Å²) < 4.78 is 1.24. The van der Waals surface area contributed by atoms with Gasteiger partial charge in [-0.05, 0) is 12.1 Å². The van der Waals surface area contributed by atoms with Gasteiger partial charge in [-0.3, -0.25) is 14.7 Å². The maximum Gasteiger partial charge on any atom is 0.273 e. The van der Waals surface area contributed by atoms with Crippen LogP contribution >= 0.6 is 0 Å². The fourth-order valence-electron chi connectivity index (χ4n) is 1.53. The molecule has 78 valence electrons. The van der Waals surface area contributed by atoms with Crippen molar-refractivity contribution >= 4 is 10.8 Å². The Morgan fingerprint density at radius 2 is 1.87 bits per heavy atom. The van der Waals surface area contributed by atoms with E-state index >= 15 is 0 Å². The molecule has 5 nitrogen and oxygen atoms in total. The van der Waals surface area contributed by atoms with Crippen LogP contribution in [0.1, 0.15) is 0 Å². The van der Waals surface area contributed by atoms with Crippen molar-refractivity contribution < 1.29 is 0 Å². The maximum atomic E-state index is 11.8. The Morgan fingerprint density at radius 3 is 2.53 bits per heavy atom.